The van der Waals surface area contributed by atoms with Gasteiger partial charge in [-0.25, -0.2) is 32.3 Å². The van der Waals surface area contributed by atoms with Gasteiger partial charge < -0.3 is 34.1 Å². The van der Waals surface area contributed by atoms with Crippen molar-refractivity contribution in [1.29, 1.82) is 0 Å². The second-order valence-electron chi connectivity index (χ2n) is 22.8. The number of ether oxygens (including phenoxy) is 1. The van der Waals surface area contributed by atoms with Gasteiger partial charge in [-0.2, -0.15) is 0 Å². The van der Waals surface area contributed by atoms with Gasteiger partial charge in [-0.05, 0) is 85.0 Å². The smallest absolute Gasteiger partial charge is 0.407 e. The summed E-state index contributed by atoms with van der Waals surface area (Å²) in [4.78, 5) is 54.6. The summed E-state index contributed by atoms with van der Waals surface area (Å²) in [7, 11) is 3.10. The van der Waals surface area contributed by atoms with Gasteiger partial charge >= 0.3 is 6.09 Å². The minimum absolute atomic E-state index is 0.0142. The van der Waals surface area contributed by atoms with Gasteiger partial charge in [0.25, 0.3) is 0 Å². The number of carbonyl (C=O) groups is 3. The lowest BCUT2D eigenvalue weighted by Crippen LogP contribution is -2.48. The molecule has 0 aliphatic carbocycles. The Hall–Kier alpha value is -6.11. The van der Waals surface area contributed by atoms with Gasteiger partial charge in [0.15, 0.2) is 0 Å². The Labute approximate surface area is 458 Å². The second-order valence-corrected chi connectivity index (χ2v) is 25.3. The van der Waals surface area contributed by atoms with Crippen LogP contribution in [0.4, 0.5) is 22.4 Å². The number of halogens is 4. The van der Waals surface area contributed by atoms with E-state index in [0.29, 0.717) is 36.2 Å². The van der Waals surface area contributed by atoms with E-state index >= 15 is 8.78 Å². The van der Waals surface area contributed by atoms with Crippen molar-refractivity contribution in [3.05, 3.63) is 156 Å². The summed E-state index contributed by atoms with van der Waals surface area (Å²) in [5.74, 6) is -1.90. The monoisotopic (exact) mass is 1100 g/mol. The van der Waals surface area contributed by atoms with Crippen LogP contribution in [0.25, 0.3) is 22.5 Å². The number of benzene rings is 4. The van der Waals surface area contributed by atoms with Crippen LogP contribution >= 0.6 is 21.6 Å². The number of carbonyl (C=O) groups excluding carboxylic acids is 3. The number of aliphatic hydroxyl groups is 1. The molecular formula is C59H73F4N7O5S2. The molecule has 77 heavy (non-hydrogen) atoms. The van der Waals surface area contributed by atoms with Gasteiger partial charge in [0, 0.05) is 80.6 Å². The first-order chi connectivity index (χ1) is 36.2. The fourth-order valence-corrected chi connectivity index (χ4v) is 12.1. The average Bonchev–Trinajstić information content (AvgIpc) is 3.98. The van der Waals surface area contributed by atoms with Crippen molar-refractivity contribution in [2.45, 2.75) is 107 Å². The first-order valence-corrected chi connectivity index (χ1v) is 28.2. The van der Waals surface area contributed by atoms with Crippen molar-refractivity contribution in [2.75, 3.05) is 37.7 Å². The van der Waals surface area contributed by atoms with E-state index in [9.17, 15) is 28.3 Å². The van der Waals surface area contributed by atoms with Crippen LogP contribution in [0.5, 0.6) is 0 Å². The van der Waals surface area contributed by atoms with Gasteiger partial charge in [-0.1, -0.05) is 131 Å². The molecule has 0 saturated carbocycles. The highest BCUT2D eigenvalue weighted by molar-refractivity contribution is 8.76. The molecule has 2 unspecified atom stereocenters. The van der Waals surface area contributed by atoms with Crippen molar-refractivity contribution in [3.63, 3.8) is 0 Å². The fourth-order valence-electron chi connectivity index (χ4n) is 9.30. The molecule has 4 atom stereocenters. The molecule has 18 heteroatoms. The molecule has 0 bridgehead atoms. The molecule has 0 saturated heterocycles. The van der Waals surface area contributed by atoms with E-state index in [1.807, 2.05) is 118 Å². The summed E-state index contributed by atoms with van der Waals surface area (Å²) in [6.07, 6.45) is 2.72. The van der Waals surface area contributed by atoms with Gasteiger partial charge in [0.05, 0.1) is 23.5 Å². The van der Waals surface area contributed by atoms with Crippen molar-refractivity contribution >= 4 is 39.5 Å². The van der Waals surface area contributed by atoms with Crippen LogP contribution in [-0.2, 0) is 27.4 Å². The van der Waals surface area contributed by atoms with E-state index in [2.05, 4.69) is 5.32 Å². The third-order valence-corrected chi connectivity index (χ3v) is 15.5. The van der Waals surface area contributed by atoms with Crippen LogP contribution in [0.2, 0.25) is 0 Å². The summed E-state index contributed by atoms with van der Waals surface area (Å²) < 4.78 is 69.3. The van der Waals surface area contributed by atoms with Crippen molar-refractivity contribution < 1.29 is 41.8 Å². The largest absolute Gasteiger partial charge is 0.444 e. The molecule has 0 radical (unpaired) electrons. The third-order valence-electron chi connectivity index (χ3n) is 12.7. The summed E-state index contributed by atoms with van der Waals surface area (Å²) in [6.45, 7) is 21.0. The summed E-state index contributed by atoms with van der Waals surface area (Å²) in [5, 5.41) is 13.5. The predicted molar refractivity (Wildman–Crippen MR) is 299 cm³/mol. The molecule has 4 aromatic carbocycles. The summed E-state index contributed by atoms with van der Waals surface area (Å²) in [6, 6.07) is 24.3. The van der Waals surface area contributed by atoms with Gasteiger partial charge in [-0.3, -0.25) is 9.59 Å². The van der Waals surface area contributed by atoms with Crippen molar-refractivity contribution in [1.82, 2.24) is 34.2 Å². The molecule has 414 valence electrons. The van der Waals surface area contributed by atoms with Crippen LogP contribution in [-0.4, -0.2) is 95.3 Å². The van der Waals surface area contributed by atoms with Crippen LogP contribution in [0.1, 0.15) is 111 Å². The third kappa shape index (κ3) is 16.7. The normalized spacial score (nSPS) is 13.7. The summed E-state index contributed by atoms with van der Waals surface area (Å²) >= 11 is 0. The molecule has 0 spiro atoms. The molecule has 2 N–H and O–H groups in total. The molecular weight excluding hydrogens is 1030 g/mol. The Kier molecular flexibility index (Phi) is 20.3. The number of nitrogens with zero attached hydrogens (tertiary/aromatic N) is 6. The average molecular weight is 1100 g/mol. The topological polar surface area (TPSA) is 135 Å². The fraction of sp³-hybridized carbons (Fsp3) is 0.441. The van der Waals surface area contributed by atoms with E-state index in [4.69, 9.17) is 14.7 Å². The lowest BCUT2D eigenvalue weighted by Gasteiger charge is -2.41. The number of hydrogen-bond donors (Lipinski definition) is 2. The maximum atomic E-state index is 15.4. The number of alkyl carbamates (subject to hydrolysis) is 1. The van der Waals surface area contributed by atoms with Gasteiger partial charge in [-0.15, -0.1) is 0 Å². The number of nitrogens with one attached hydrogen (secondary N) is 1. The zero-order valence-corrected chi connectivity index (χ0v) is 47.6. The lowest BCUT2D eigenvalue weighted by molar-refractivity contribution is -0.140. The van der Waals surface area contributed by atoms with Crippen LogP contribution in [0, 0.1) is 45.9 Å². The second kappa shape index (κ2) is 26.0. The number of aliphatic hydroxyl groups excluding tert-OH is 1. The molecule has 6 rings (SSSR count). The highest BCUT2D eigenvalue weighted by Gasteiger charge is 2.41. The quantitative estimate of drug-likeness (QED) is 0.0387. The number of amides is 3. The maximum Gasteiger partial charge on any atom is 0.407 e. The van der Waals surface area contributed by atoms with Crippen LogP contribution in [0.3, 0.4) is 0 Å². The number of hydrogen-bond acceptors (Lipinski definition) is 9. The Bertz CT molecular complexity index is 2940. The van der Waals surface area contributed by atoms with Crippen molar-refractivity contribution in [3.8, 4) is 22.5 Å². The Morgan fingerprint density at radius 1 is 0.662 bits per heavy atom. The lowest BCUT2D eigenvalue weighted by atomic mass is 9.84. The van der Waals surface area contributed by atoms with E-state index in [1.165, 1.54) is 17.7 Å². The number of rotatable bonds is 22. The molecule has 0 aliphatic heterocycles. The zero-order chi connectivity index (χ0) is 56.4. The molecule has 12 nitrogen and oxygen atoms in total. The number of aromatic nitrogens is 4. The Morgan fingerprint density at radius 3 is 1.55 bits per heavy atom. The highest BCUT2D eigenvalue weighted by atomic mass is 33.1. The van der Waals surface area contributed by atoms with Gasteiger partial charge in [0.2, 0.25) is 11.8 Å². The van der Waals surface area contributed by atoms with E-state index in [-0.39, 0.29) is 54.0 Å². The van der Waals surface area contributed by atoms with Crippen LogP contribution < -0.4 is 5.32 Å². The Morgan fingerprint density at radius 2 is 1.12 bits per heavy atom. The van der Waals surface area contributed by atoms with E-state index in [0.717, 1.165) is 47.5 Å². The predicted octanol–water partition coefficient (Wildman–Crippen LogP) is 12.8. The molecule has 6 aromatic rings. The highest BCUT2D eigenvalue weighted by Crippen LogP contribution is 2.42. The minimum atomic E-state index is -0.833. The van der Waals surface area contributed by atoms with E-state index < -0.39 is 76.3 Å². The molecule has 2 aromatic heterocycles. The number of imidazole rings is 2. The van der Waals surface area contributed by atoms with Crippen LogP contribution in [0.15, 0.2) is 109 Å². The molecule has 0 fully saturated rings. The molecule has 2 heterocycles. The van der Waals surface area contributed by atoms with E-state index in [1.54, 1.807) is 53.8 Å². The zero-order valence-electron chi connectivity index (χ0n) is 46.0. The maximum absolute atomic E-state index is 15.4. The standard InChI is InChI=1S/C59H73F4N7O5S2/c1-38(29-69(39(2)72)52(57(3,4)5)54-65-49(45-26-43(60)22-24-47(45)62)33-67(54)30-40-18-14-12-15-19-40)36-76-77-37-42(28-64-56(74)75-59(9,10)11)32-70(51(73)35-71)53(58(6,7)8)55-66-50(46-27-44(61)23-25-48(46)63)34-68(55)31-41-20-16-13-17-21-41/h12-27,33-34,38,42,52-53,71H,28-32,35-37H2,1-11H3,(H,64,74)/t38?,42?,52-,53-/m0/s1. The molecule has 3 amide bonds. The minimum Gasteiger partial charge on any atom is -0.444 e. The van der Waals surface area contributed by atoms with Crippen molar-refractivity contribution in [2.24, 2.45) is 22.7 Å². The SMILES string of the molecule is CC(=O)N(CC(C)CSSCC(CNC(=O)OC(C)(C)C)CN(C(=O)CO)[C@@H](c1nc(-c2cc(F)ccc2F)cn1Cc1ccccc1)C(C)(C)C)[C@@H](c1nc(-c2cc(F)ccc2F)cn1Cc1ccccc1)C(C)(C)C. The summed E-state index contributed by atoms with van der Waals surface area (Å²) in [5.41, 5.74) is 0.137. The first kappa shape index (κ1) is 60.1. The van der Waals surface area contributed by atoms with Gasteiger partial charge in [0.1, 0.15) is 47.1 Å². The molecule has 0 aliphatic rings. The first-order valence-electron chi connectivity index (χ1n) is 25.7. The Balaban J connectivity index is 1.28.